The Hall–Kier alpha value is -0.660. The average Bonchev–Trinajstić information content (AvgIpc) is 2.65. The lowest BCUT2D eigenvalue weighted by molar-refractivity contribution is -0.123. The summed E-state index contributed by atoms with van der Waals surface area (Å²) in [6.07, 6.45) is 1.30. The van der Waals surface area contributed by atoms with Gasteiger partial charge >= 0.3 is 0 Å². The van der Waals surface area contributed by atoms with E-state index in [9.17, 15) is 13.2 Å². The molecule has 0 aromatic rings. The summed E-state index contributed by atoms with van der Waals surface area (Å²) in [5, 5.41) is -0.356. The van der Waals surface area contributed by atoms with Gasteiger partial charge < -0.3 is 5.73 Å². The van der Waals surface area contributed by atoms with Crippen molar-refractivity contribution in [2.45, 2.75) is 18.1 Å². The fraction of sp³-hybridized carbons (Fsp3) is 0.800. The van der Waals surface area contributed by atoms with Crippen molar-refractivity contribution in [3.63, 3.8) is 0 Å². The Labute approximate surface area is 70.1 Å². The molecule has 0 heterocycles. The Morgan fingerprint density at radius 1 is 1.58 bits per heavy atom. The summed E-state index contributed by atoms with van der Waals surface area (Å²) >= 11 is 0. The molecule has 0 aromatic heterocycles. The van der Waals surface area contributed by atoms with Crippen molar-refractivity contribution < 1.29 is 18.0 Å². The van der Waals surface area contributed by atoms with Gasteiger partial charge in [0.05, 0.1) is 5.25 Å². The van der Waals surface area contributed by atoms with Crippen molar-refractivity contribution in [1.82, 2.24) is 4.89 Å². The van der Waals surface area contributed by atoms with E-state index in [2.05, 4.69) is 4.84 Å². The third kappa shape index (κ3) is 2.76. The normalized spacial score (nSPS) is 17.7. The number of amides is 1. The van der Waals surface area contributed by atoms with Gasteiger partial charge in [-0.25, -0.2) is 8.42 Å². The molecular weight excluding hydrogens is 184 g/mol. The third-order valence-electron chi connectivity index (χ3n) is 1.35. The van der Waals surface area contributed by atoms with Gasteiger partial charge in [-0.05, 0) is 12.8 Å². The van der Waals surface area contributed by atoms with Crippen molar-refractivity contribution >= 4 is 15.9 Å². The number of nitrogens with one attached hydrogen (secondary N) is 1. The number of carbonyl (C=O) groups is 1. The molecule has 0 radical (unpaired) electrons. The molecule has 1 amide bonds. The fourth-order valence-corrected chi connectivity index (χ4v) is 1.75. The molecule has 6 nitrogen and oxygen atoms in total. The van der Waals surface area contributed by atoms with Gasteiger partial charge in [-0.3, -0.25) is 9.63 Å². The second-order valence-electron chi connectivity index (χ2n) is 2.58. The first-order valence-corrected chi connectivity index (χ1v) is 4.98. The van der Waals surface area contributed by atoms with Crippen molar-refractivity contribution in [1.29, 1.82) is 0 Å². The Morgan fingerprint density at radius 2 is 2.17 bits per heavy atom. The van der Waals surface area contributed by atoms with Gasteiger partial charge in [-0.2, -0.15) is 0 Å². The van der Waals surface area contributed by atoms with Gasteiger partial charge in [0.2, 0.25) is 15.9 Å². The first-order chi connectivity index (χ1) is 5.52. The molecule has 1 fully saturated rings. The van der Waals surface area contributed by atoms with Crippen LogP contribution < -0.4 is 10.6 Å². The quantitative estimate of drug-likeness (QED) is 0.519. The predicted octanol–water partition coefficient (Wildman–Crippen LogP) is -1.51. The summed E-state index contributed by atoms with van der Waals surface area (Å²) in [6, 6.07) is 0. The molecule has 1 saturated carbocycles. The topological polar surface area (TPSA) is 98.5 Å². The lowest BCUT2D eigenvalue weighted by atomic mass is 10.7. The molecular formula is C5H10N2O4S. The van der Waals surface area contributed by atoms with Crippen LogP contribution in [0.25, 0.3) is 0 Å². The minimum atomic E-state index is -3.36. The molecule has 7 heteroatoms. The molecule has 0 saturated heterocycles. The molecule has 1 aliphatic rings. The maximum atomic E-state index is 11.0. The average molecular weight is 194 g/mol. The van der Waals surface area contributed by atoms with Gasteiger partial charge in [0.1, 0.15) is 6.61 Å². The monoisotopic (exact) mass is 194 g/mol. The number of primary amides is 1. The number of carbonyl (C=O) groups excluding carboxylic acids is 1. The van der Waals surface area contributed by atoms with E-state index in [0.29, 0.717) is 12.8 Å². The second-order valence-corrected chi connectivity index (χ2v) is 4.51. The van der Waals surface area contributed by atoms with Crippen LogP contribution in [-0.4, -0.2) is 26.2 Å². The van der Waals surface area contributed by atoms with E-state index in [-0.39, 0.29) is 5.25 Å². The highest BCUT2D eigenvalue weighted by molar-refractivity contribution is 7.90. The number of rotatable bonds is 5. The highest BCUT2D eigenvalue weighted by Crippen LogP contribution is 2.27. The largest absolute Gasteiger partial charge is 0.368 e. The van der Waals surface area contributed by atoms with E-state index in [4.69, 9.17) is 5.73 Å². The van der Waals surface area contributed by atoms with Gasteiger partial charge in [0, 0.05) is 0 Å². The van der Waals surface area contributed by atoms with E-state index in [1.807, 2.05) is 4.89 Å². The van der Waals surface area contributed by atoms with Gasteiger partial charge in [-0.15, -0.1) is 0 Å². The predicted molar refractivity (Wildman–Crippen MR) is 40.2 cm³/mol. The zero-order valence-electron chi connectivity index (χ0n) is 6.32. The Bertz CT molecular complexity index is 269. The Morgan fingerprint density at radius 3 is 2.58 bits per heavy atom. The minimum absolute atomic E-state index is 0.356. The Kier molecular flexibility index (Phi) is 2.65. The highest BCUT2D eigenvalue weighted by atomic mass is 32.2. The highest BCUT2D eigenvalue weighted by Gasteiger charge is 2.35. The molecule has 3 N–H and O–H groups in total. The smallest absolute Gasteiger partial charge is 0.245 e. The summed E-state index contributed by atoms with van der Waals surface area (Å²) in [5.74, 6) is -0.714. The van der Waals surface area contributed by atoms with E-state index >= 15 is 0 Å². The van der Waals surface area contributed by atoms with E-state index in [1.165, 1.54) is 0 Å². The summed E-state index contributed by atoms with van der Waals surface area (Å²) in [4.78, 5) is 16.3. The van der Waals surface area contributed by atoms with Crippen LogP contribution in [-0.2, 0) is 19.7 Å². The zero-order chi connectivity index (χ0) is 9.19. The Balaban J connectivity index is 2.26. The van der Waals surface area contributed by atoms with Crippen LogP contribution in [0.2, 0.25) is 0 Å². The van der Waals surface area contributed by atoms with Crippen LogP contribution in [0.5, 0.6) is 0 Å². The second kappa shape index (κ2) is 3.38. The van der Waals surface area contributed by atoms with Crippen LogP contribution in [0.3, 0.4) is 0 Å². The van der Waals surface area contributed by atoms with Crippen molar-refractivity contribution in [3.8, 4) is 0 Å². The molecule has 70 valence electrons. The van der Waals surface area contributed by atoms with Crippen LogP contribution in [0.1, 0.15) is 12.8 Å². The molecule has 0 aliphatic heterocycles. The van der Waals surface area contributed by atoms with E-state index < -0.39 is 22.5 Å². The van der Waals surface area contributed by atoms with Gasteiger partial charge in [-0.1, -0.05) is 4.89 Å². The first kappa shape index (κ1) is 9.43. The first-order valence-electron chi connectivity index (χ1n) is 3.43. The summed E-state index contributed by atoms with van der Waals surface area (Å²) in [5.41, 5.74) is 4.71. The molecule has 1 rings (SSSR count). The molecule has 0 aromatic carbocycles. The number of nitrogens with two attached hydrogens (primary N) is 1. The van der Waals surface area contributed by atoms with Gasteiger partial charge in [0.15, 0.2) is 0 Å². The summed E-state index contributed by atoms with van der Waals surface area (Å²) in [7, 11) is -3.36. The molecule has 1 aliphatic carbocycles. The van der Waals surface area contributed by atoms with Crippen molar-refractivity contribution in [3.05, 3.63) is 0 Å². The maximum Gasteiger partial charge on any atom is 0.245 e. The zero-order valence-corrected chi connectivity index (χ0v) is 7.13. The van der Waals surface area contributed by atoms with Crippen molar-refractivity contribution in [2.24, 2.45) is 5.73 Å². The molecule has 0 atom stereocenters. The fourth-order valence-electron chi connectivity index (χ4n) is 0.629. The summed E-state index contributed by atoms with van der Waals surface area (Å²) < 4.78 is 22.0. The molecule has 0 bridgehead atoms. The molecule has 12 heavy (non-hydrogen) atoms. The van der Waals surface area contributed by atoms with Crippen LogP contribution in [0, 0.1) is 0 Å². The molecule has 0 unspecified atom stereocenters. The third-order valence-corrected chi connectivity index (χ3v) is 3.05. The molecule has 0 spiro atoms. The lowest BCUT2D eigenvalue weighted by Gasteiger charge is -2.02. The van der Waals surface area contributed by atoms with Crippen LogP contribution in [0.4, 0.5) is 0 Å². The summed E-state index contributed by atoms with van der Waals surface area (Å²) in [6.45, 7) is -0.439. The lowest BCUT2D eigenvalue weighted by Crippen LogP contribution is -2.31. The standard InChI is InChI=1S/C5H10N2O4S/c6-5(8)3-11-7-12(9,10)4-1-2-4/h4,7H,1-3H2,(H2,6,8). The van der Waals surface area contributed by atoms with Gasteiger partial charge in [0.25, 0.3) is 0 Å². The minimum Gasteiger partial charge on any atom is -0.368 e. The van der Waals surface area contributed by atoms with E-state index in [1.54, 1.807) is 0 Å². The maximum absolute atomic E-state index is 11.0. The SMILES string of the molecule is NC(=O)CONS(=O)(=O)C1CC1. The number of sulfonamides is 1. The van der Waals surface area contributed by atoms with Crippen LogP contribution in [0.15, 0.2) is 0 Å². The number of hydrogen-bond acceptors (Lipinski definition) is 4. The number of hydrogen-bond donors (Lipinski definition) is 2. The van der Waals surface area contributed by atoms with Crippen molar-refractivity contribution in [2.75, 3.05) is 6.61 Å². The van der Waals surface area contributed by atoms with E-state index in [0.717, 1.165) is 0 Å². The van der Waals surface area contributed by atoms with Crippen LogP contribution >= 0.6 is 0 Å².